The number of fused-ring (bicyclic) bond motifs is 3. The molecule has 5 nitrogen and oxygen atoms in total. The molecule has 0 radical (unpaired) electrons. The van der Waals surface area contributed by atoms with Crippen LogP contribution in [0.4, 0.5) is 0 Å². The molecule has 1 fully saturated rings. The molecule has 2 atom stereocenters. The average molecular weight is 373 g/mol. The second kappa shape index (κ2) is 6.91. The van der Waals surface area contributed by atoms with Gasteiger partial charge in [0, 0.05) is 36.4 Å². The van der Waals surface area contributed by atoms with Crippen LogP contribution in [-0.4, -0.2) is 34.7 Å². The topological polar surface area (TPSA) is 56.1 Å². The molecule has 1 N–H and O–H groups in total. The van der Waals surface area contributed by atoms with Crippen LogP contribution < -0.4 is 5.32 Å². The first-order chi connectivity index (χ1) is 13.7. The molecule has 3 aromatic rings. The molecule has 1 aromatic carbocycles. The molecule has 2 aliphatic rings. The van der Waals surface area contributed by atoms with Gasteiger partial charge >= 0.3 is 5.97 Å². The van der Waals surface area contributed by atoms with Crippen molar-refractivity contribution in [2.45, 2.75) is 37.9 Å². The van der Waals surface area contributed by atoms with Crippen molar-refractivity contribution in [2.75, 3.05) is 7.11 Å². The normalized spacial score (nSPS) is 21.0. The minimum atomic E-state index is -0.312. The molecule has 1 saturated heterocycles. The first-order valence-corrected chi connectivity index (χ1v) is 9.79. The first-order valence-electron chi connectivity index (χ1n) is 9.79. The molecule has 142 valence electrons. The number of hydrogen-bond donors (Lipinski definition) is 1. The Morgan fingerprint density at radius 1 is 1.21 bits per heavy atom. The van der Waals surface area contributed by atoms with E-state index in [9.17, 15) is 4.79 Å². The molecule has 5 rings (SSSR count). The highest BCUT2D eigenvalue weighted by atomic mass is 16.5. The third-order valence-corrected chi connectivity index (χ3v) is 5.88. The van der Waals surface area contributed by atoms with Gasteiger partial charge in [0.15, 0.2) is 0 Å². The van der Waals surface area contributed by atoms with Crippen LogP contribution in [0, 0.1) is 0 Å². The summed E-state index contributed by atoms with van der Waals surface area (Å²) >= 11 is 0. The fourth-order valence-electron chi connectivity index (χ4n) is 4.48. The van der Waals surface area contributed by atoms with Gasteiger partial charge in [-0.3, -0.25) is 0 Å². The summed E-state index contributed by atoms with van der Waals surface area (Å²) in [6, 6.07) is 13.0. The molecule has 2 unspecified atom stereocenters. The largest absolute Gasteiger partial charge is 0.465 e. The van der Waals surface area contributed by atoms with E-state index in [1.807, 2.05) is 18.3 Å². The van der Waals surface area contributed by atoms with Crippen molar-refractivity contribution in [1.29, 1.82) is 0 Å². The van der Waals surface area contributed by atoms with Gasteiger partial charge in [-0.25, -0.2) is 9.78 Å². The maximum Gasteiger partial charge on any atom is 0.337 e. The number of carbonyl (C=O) groups excluding carboxylic acids is 1. The Morgan fingerprint density at radius 3 is 2.86 bits per heavy atom. The smallest absolute Gasteiger partial charge is 0.337 e. The number of ether oxygens (including phenoxy) is 1. The number of carbonyl (C=O) groups is 1. The number of pyridine rings is 1. The predicted octanol–water partition coefficient (Wildman–Crippen LogP) is 3.78. The number of rotatable bonds is 4. The van der Waals surface area contributed by atoms with Crippen molar-refractivity contribution in [1.82, 2.24) is 14.9 Å². The minimum Gasteiger partial charge on any atom is -0.465 e. The number of esters is 1. The van der Waals surface area contributed by atoms with E-state index in [-0.39, 0.29) is 5.97 Å². The molecule has 0 saturated carbocycles. The molecule has 5 heteroatoms. The van der Waals surface area contributed by atoms with Crippen LogP contribution in [0.1, 0.15) is 40.7 Å². The van der Waals surface area contributed by atoms with Crippen LogP contribution in [0.15, 0.2) is 54.9 Å². The van der Waals surface area contributed by atoms with Gasteiger partial charge in [-0.15, -0.1) is 0 Å². The van der Waals surface area contributed by atoms with Crippen LogP contribution in [0.3, 0.4) is 0 Å². The summed E-state index contributed by atoms with van der Waals surface area (Å²) in [6.07, 6.45) is 10.0. The van der Waals surface area contributed by atoms with Crippen LogP contribution in [0.2, 0.25) is 0 Å². The zero-order chi connectivity index (χ0) is 19.1. The van der Waals surface area contributed by atoms with Crippen molar-refractivity contribution >= 4 is 22.6 Å². The van der Waals surface area contributed by atoms with Crippen LogP contribution in [0.5, 0.6) is 0 Å². The molecule has 0 aliphatic carbocycles. The molecule has 2 bridgehead atoms. The molecular weight excluding hydrogens is 350 g/mol. The third kappa shape index (κ3) is 3.02. The summed E-state index contributed by atoms with van der Waals surface area (Å²) in [7, 11) is 1.40. The summed E-state index contributed by atoms with van der Waals surface area (Å²) < 4.78 is 6.93. The lowest BCUT2D eigenvalue weighted by Gasteiger charge is -2.22. The Morgan fingerprint density at radius 2 is 2.07 bits per heavy atom. The van der Waals surface area contributed by atoms with Crippen LogP contribution in [0.25, 0.3) is 16.6 Å². The standard InChI is InChI=1S/C23H23N3O2/c1-28-23(27)16-4-2-15(3-5-16)14-26-11-9-21-20(8-10-24-22(21)26)17-12-18-6-7-19(13-17)25-18/h2-5,8-12,18-19,25H,6-7,13-14H2,1H3. The molecule has 2 aromatic heterocycles. The van der Waals surface area contributed by atoms with E-state index in [0.717, 1.165) is 17.6 Å². The summed E-state index contributed by atoms with van der Waals surface area (Å²) in [5.41, 5.74) is 5.44. The van der Waals surface area contributed by atoms with Gasteiger partial charge in [-0.1, -0.05) is 18.2 Å². The van der Waals surface area contributed by atoms with Gasteiger partial charge in [-0.2, -0.15) is 0 Å². The molecule has 0 spiro atoms. The minimum absolute atomic E-state index is 0.312. The lowest BCUT2D eigenvalue weighted by molar-refractivity contribution is 0.0600. The lowest BCUT2D eigenvalue weighted by atomic mass is 9.95. The van der Waals surface area contributed by atoms with Crippen molar-refractivity contribution in [3.63, 3.8) is 0 Å². The van der Waals surface area contributed by atoms with Crippen LogP contribution in [-0.2, 0) is 11.3 Å². The van der Waals surface area contributed by atoms with Crippen molar-refractivity contribution in [3.8, 4) is 0 Å². The Labute approximate surface area is 164 Å². The number of nitrogens with zero attached hydrogens (tertiary/aromatic N) is 2. The highest BCUT2D eigenvalue weighted by Gasteiger charge is 2.28. The van der Waals surface area contributed by atoms with E-state index in [0.29, 0.717) is 24.2 Å². The Bertz CT molecular complexity index is 1070. The Kier molecular flexibility index (Phi) is 4.24. The summed E-state index contributed by atoms with van der Waals surface area (Å²) in [5, 5.41) is 4.87. The van der Waals surface area contributed by atoms with Gasteiger partial charge in [0.25, 0.3) is 0 Å². The van der Waals surface area contributed by atoms with Gasteiger partial charge in [-0.05, 0) is 60.2 Å². The Hall–Kier alpha value is -2.92. The van der Waals surface area contributed by atoms with E-state index in [1.165, 1.54) is 36.5 Å². The molecule has 4 heterocycles. The average Bonchev–Trinajstić information content (AvgIpc) is 3.30. The quantitative estimate of drug-likeness (QED) is 0.707. The summed E-state index contributed by atoms with van der Waals surface area (Å²) in [4.78, 5) is 16.3. The third-order valence-electron chi connectivity index (χ3n) is 5.88. The lowest BCUT2D eigenvalue weighted by Crippen LogP contribution is -2.31. The molecule has 28 heavy (non-hydrogen) atoms. The number of nitrogens with one attached hydrogen (secondary N) is 1. The monoisotopic (exact) mass is 373 g/mol. The summed E-state index contributed by atoms with van der Waals surface area (Å²) in [6.45, 7) is 0.716. The van der Waals surface area contributed by atoms with Gasteiger partial charge in [0.05, 0.1) is 12.7 Å². The molecule has 2 aliphatic heterocycles. The highest BCUT2D eigenvalue weighted by molar-refractivity contribution is 5.91. The molecule has 0 amide bonds. The maximum absolute atomic E-state index is 11.6. The maximum atomic E-state index is 11.6. The van der Waals surface area contributed by atoms with E-state index >= 15 is 0 Å². The predicted molar refractivity (Wildman–Crippen MR) is 109 cm³/mol. The van der Waals surface area contributed by atoms with Crippen molar-refractivity contribution < 1.29 is 9.53 Å². The fourth-order valence-corrected chi connectivity index (χ4v) is 4.48. The van der Waals surface area contributed by atoms with Crippen molar-refractivity contribution in [2.24, 2.45) is 0 Å². The van der Waals surface area contributed by atoms with E-state index < -0.39 is 0 Å². The SMILES string of the molecule is COC(=O)c1ccc(Cn2ccc3c(C4=CC5CCC(C4)N5)ccnc32)cc1. The van der Waals surface area contributed by atoms with E-state index in [1.54, 1.807) is 12.1 Å². The van der Waals surface area contributed by atoms with Crippen molar-refractivity contribution in [3.05, 3.63) is 71.6 Å². The second-order valence-corrected chi connectivity index (χ2v) is 7.67. The Balaban J connectivity index is 1.45. The van der Waals surface area contributed by atoms with Gasteiger partial charge in [0.2, 0.25) is 0 Å². The van der Waals surface area contributed by atoms with Gasteiger partial charge in [0.1, 0.15) is 5.65 Å². The number of benzene rings is 1. The second-order valence-electron chi connectivity index (χ2n) is 7.67. The van der Waals surface area contributed by atoms with Gasteiger partial charge < -0.3 is 14.6 Å². The number of aromatic nitrogens is 2. The first kappa shape index (κ1) is 17.2. The van der Waals surface area contributed by atoms with E-state index in [2.05, 4.69) is 39.3 Å². The number of hydrogen-bond acceptors (Lipinski definition) is 4. The zero-order valence-corrected chi connectivity index (χ0v) is 15.9. The highest BCUT2D eigenvalue weighted by Crippen LogP contribution is 2.35. The van der Waals surface area contributed by atoms with Crippen LogP contribution >= 0.6 is 0 Å². The molecular formula is C23H23N3O2. The fraction of sp³-hybridized carbons (Fsp3) is 0.304. The summed E-state index contributed by atoms with van der Waals surface area (Å²) in [5.74, 6) is -0.312. The van der Waals surface area contributed by atoms with E-state index in [4.69, 9.17) is 4.74 Å². The zero-order valence-electron chi connectivity index (χ0n) is 15.9. The number of methoxy groups -OCH3 is 1.